The second-order valence-electron chi connectivity index (χ2n) is 3.19. The average molecular weight is 156 g/mol. The van der Waals surface area contributed by atoms with Crippen LogP contribution >= 0.6 is 0 Å². The third-order valence-corrected chi connectivity index (χ3v) is 2.48. The van der Waals surface area contributed by atoms with E-state index in [4.69, 9.17) is 5.11 Å². The second kappa shape index (κ2) is 3.88. The van der Waals surface area contributed by atoms with Crippen molar-refractivity contribution >= 4 is 0 Å². The van der Waals surface area contributed by atoms with Gasteiger partial charge < -0.3 is 10.2 Å². The molecule has 0 aromatic heterocycles. The highest BCUT2D eigenvalue weighted by Gasteiger charge is 2.24. The highest BCUT2D eigenvalue weighted by Crippen LogP contribution is 2.30. The van der Waals surface area contributed by atoms with Crippen molar-refractivity contribution in [3.8, 4) is 0 Å². The topological polar surface area (TPSA) is 40.5 Å². The molecule has 0 spiro atoms. The molecule has 0 radical (unpaired) electrons. The van der Waals surface area contributed by atoms with E-state index in [2.05, 4.69) is 0 Å². The van der Waals surface area contributed by atoms with E-state index in [1.165, 1.54) is 0 Å². The molecule has 11 heavy (non-hydrogen) atoms. The highest BCUT2D eigenvalue weighted by molar-refractivity contribution is 5.08. The Kier molecular flexibility index (Phi) is 3.09. The molecule has 64 valence electrons. The fourth-order valence-corrected chi connectivity index (χ4v) is 1.75. The van der Waals surface area contributed by atoms with Crippen molar-refractivity contribution in [2.24, 2.45) is 5.92 Å². The number of aliphatic hydroxyl groups is 2. The molecule has 0 aromatic rings. The van der Waals surface area contributed by atoms with E-state index in [1.807, 2.05) is 13.0 Å². The summed E-state index contributed by atoms with van der Waals surface area (Å²) in [6.07, 6.45) is 4.58. The standard InChI is InChI=1S/C9H16O2/c1-2-7(6-10)8-3-4-9(11)5-8/h2,8-11H,3-6H2,1H3/b7-2-. The lowest BCUT2D eigenvalue weighted by molar-refractivity contribution is 0.178. The molecular formula is C9H16O2. The van der Waals surface area contributed by atoms with Crippen LogP contribution in [0.3, 0.4) is 0 Å². The van der Waals surface area contributed by atoms with Gasteiger partial charge in [0.05, 0.1) is 12.7 Å². The lowest BCUT2D eigenvalue weighted by Crippen LogP contribution is -2.05. The van der Waals surface area contributed by atoms with Gasteiger partial charge in [-0.3, -0.25) is 0 Å². The Hall–Kier alpha value is -0.340. The number of hydrogen-bond donors (Lipinski definition) is 2. The molecular weight excluding hydrogens is 140 g/mol. The van der Waals surface area contributed by atoms with Crippen LogP contribution in [0.4, 0.5) is 0 Å². The van der Waals surface area contributed by atoms with Gasteiger partial charge in [-0.2, -0.15) is 0 Å². The number of allylic oxidation sites excluding steroid dienone is 1. The predicted molar refractivity (Wildman–Crippen MR) is 44.2 cm³/mol. The summed E-state index contributed by atoms with van der Waals surface area (Å²) in [6, 6.07) is 0. The zero-order chi connectivity index (χ0) is 8.27. The van der Waals surface area contributed by atoms with Crippen LogP contribution in [0.15, 0.2) is 11.6 Å². The molecule has 1 aliphatic carbocycles. The van der Waals surface area contributed by atoms with Crippen LogP contribution in [0.25, 0.3) is 0 Å². The summed E-state index contributed by atoms with van der Waals surface area (Å²) < 4.78 is 0. The molecule has 0 heterocycles. The van der Waals surface area contributed by atoms with E-state index < -0.39 is 0 Å². The van der Waals surface area contributed by atoms with Crippen LogP contribution in [0, 0.1) is 5.92 Å². The molecule has 2 N–H and O–H groups in total. The van der Waals surface area contributed by atoms with Gasteiger partial charge in [0.25, 0.3) is 0 Å². The maximum atomic E-state index is 9.23. The largest absolute Gasteiger partial charge is 0.393 e. The molecule has 0 aromatic carbocycles. The van der Waals surface area contributed by atoms with Crippen LogP contribution < -0.4 is 0 Å². The van der Waals surface area contributed by atoms with Gasteiger partial charge in [0.2, 0.25) is 0 Å². The summed E-state index contributed by atoms with van der Waals surface area (Å²) in [5.41, 5.74) is 1.08. The fraction of sp³-hybridized carbons (Fsp3) is 0.778. The van der Waals surface area contributed by atoms with Gasteiger partial charge in [-0.05, 0) is 37.7 Å². The molecule has 0 saturated heterocycles. The minimum absolute atomic E-state index is 0.138. The van der Waals surface area contributed by atoms with Gasteiger partial charge in [0.1, 0.15) is 0 Å². The van der Waals surface area contributed by atoms with Gasteiger partial charge >= 0.3 is 0 Å². The van der Waals surface area contributed by atoms with Crippen molar-refractivity contribution in [1.29, 1.82) is 0 Å². The lowest BCUT2D eigenvalue weighted by atomic mass is 9.98. The van der Waals surface area contributed by atoms with Gasteiger partial charge in [0.15, 0.2) is 0 Å². The van der Waals surface area contributed by atoms with E-state index in [-0.39, 0.29) is 12.7 Å². The summed E-state index contributed by atoms with van der Waals surface area (Å²) in [6.45, 7) is 2.09. The summed E-state index contributed by atoms with van der Waals surface area (Å²) >= 11 is 0. The monoisotopic (exact) mass is 156 g/mol. The first-order valence-electron chi connectivity index (χ1n) is 4.22. The van der Waals surface area contributed by atoms with Crippen LogP contribution in [-0.2, 0) is 0 Å². The molecule has 2 unspecified atom stereocenters. The van der Waals surface area contributed by atoms with E-state index >= 15 is 0 Å². The fourth-order valence-electron chi connectivity index (χ4n) is 1.75. The van der Waals surface area contributed by atoms with Crippen molar-refractivity contribution in [2.75, 3.05) is 6.61 Å². The first-order valence-corrected chi connectivity index (χ1v) is 4.22. The molecule has 1 rings (SSSR count). The SMILES string of the molecule is C/C=C(/CO)C1CCC(O)C1. The van der Waals surface area contributed by atoms with Gasteiger partial charge in [-0.25, -0.2) is 0 Å². The summed E-state index contributed by atoms with van der Waals surface area (Å²) in [5.74, 6) is 0.431. The molecule has 0 aliphatic heterocycles. The number of aliphatic hydroxyl groups excluding tert-OH is 2. The Labute approximate surface area is 67.6 Å². The zero-order valence-electron chi connectivity index (χ0n) is 6.95. The second-order valence-corrected chi connectivity index (χ2v) is 3.19. The van der Waals surface area contributed by atoms with E-state index in [0.29, 0.717) is 5.92 Å². The Morgan fingerprint density at radius 3 is 2.64 bits per heavy atom. The average Bonchev–Trinajstić information content (AvgIpc) is 2.39. The summed E-state index contributed by atoms with van der Waals surface area (Å²) in [4.78, 5) is 0. The maximum absolute atomic E-state index is 9.23. The quantitative estimate of drug-likeness (QED) is 0.587. The van der Waals surface area contributed by atoms with Crippen LogP contribution in [0.1, 0.15) is 26.2 Å². The third-order valence-electron chi connectivity index (χ3n) is 2.48. The summed E-state index contributed by atoms with van der Waals surface area (Å²) in [5, 5.41) is 18.2. The Morgan fingerprint density at radius 2 is 2.27 bits per heavy atom. The first-order chi connectivity index (χ1) is 5.27. The normalized spacial score (nSPS) is 32.8. The van der Waals surface area contributed by atoms with E-state index in [0.717, 1.165) is 24.8 Å². The Bertz CT molecular complexity index is 152. The highest BCUT2D eigenvalue weighted by atomic mass is 16.3. The van der Waals surface area contributed by atoms with Gasteiger partial charge in [-0.1, -0.05) is 6.08 Å². The molecule has 1 fully saturated rings. The first kappa shape index (κ1) is 8.75. The van der Waals surface area contributed by atoms with Crippen molar-refractivity contribution in [2.45, 2.75) is 32.3 Å². The van der Waals surface area contributed by atoms with Crippen molar-refractivity contribution in [1.82, 2.24) is 0 Å². The predicted octanol–water partition coefficient (Wildman–Crippen LogP) is 1.09. The van der Waals surface area contributed by atoms with E-state index in [9.17, 15) is 5.11 Å². The van der Waals surface area contributed by atoms with Crippen LogP contribution in [-0.4, -0.2) is 22.9 Å². The van der Waals surface area contributed by atoms with Gasteiger partial charge in [0, 0.05) is 0 Å². The molecule has 0 bridgehead atoms. The molecule has 2 nitrogen and oxygen atoms in total. The Morgan fingerprint density at radius 1 is 1.55 bits per heavy atom. The van der Waals surface area contributed by atoms with Crippen LogP contribution in [0.2, 0.25) is 0 Å². The smallest absolute Gasteiger partial charge is 0.0644 e. The summed E-state index contributed by atoms with van der Waals surface area (Å²) in [7, 11) is 0. The van der Waals surface area contributed by atoms with Gasteiger partial charge in [-0.15, -0.1) is 0 Å². The molecule has 1 saturated carbocycles. The molecule has 2 atom stereocenters. The van der Waals surface area contributed by atoms with E-state index in [1.54, 1.807) is 0 Å². The number of hydrogen-bond acceptors (Lipinski definition) is 2. The van der Waals surface area contributed by atoms with Crippen molar-refractivity contribution in [3.05, 3.63) is 11.6 Å². The lowest BCUT2D eigenvalue weighted by Gasteiger charge is -2.10. The van der Waals surface area contributed by atoms with Crippen molar-refractivity contribution < 1.29 is 10.2 Å². The molecule has 0 amide bonds. The third kappa shape index (κ3) is 2.04. The number of rotatable bonds is 2. The minimum atomic E-state index is -0.138. The van der Waals surface area contributed by atoms with Crippen LogP contribution in [0.5, 0.6) is 0 Å². The van der Waals surface area contributed by atoms with Crippen molar-refractivity contribution in [3.63, 3.8) is 0 Å². The molecule has 2 heteroatoms. The Balaban J connectivity index is 2.48. The minimum Gasteiger partial charge on any atom is -0.393 e. The molecule has 1 aliphatic rings. The zero-order valence-corrected chi connectivity index (χ0v) is 6.95. The maximum Gasteiger partial charge on any atom is 0.0644 e.